The Morgan fingerprint density at radius 1 is 1.08 bits per heavy atom. The molecular weight excluding hydrogens is 316 g/mol. The number of amides is 1. The Kier molecular flexibility index (Phi) is 7.01. The zero-order valence-electron chi connectivity index (χ0n) is 14.9. The van der Waals surface area contributed by atoms with Crippen LogP contribution >= 0.6 is 0 Å². The minimum Gasteiger partial charge on any atom is -0.497 e. The van der Waals surface area contributed by atoms with Gasteiger partial charge in [-0.1, -0.05) is 44.2 Å². The number of ether oxygens (including phenoxy) is 2. The highest BCUT2D eigenvalue weighted by atomic mass is 16.5. The summed E-state index contributed by atoms with van der Waals surface area (Å²) in [6.45, 7) is 5.01. The zero-order valence-corrected chi connectivity index (χ0v) is 14.9. The van der Waals surface area contributed by atoms with Gasteiger partial charge in [-0.3, -0.25) is 10.1 Å². The van der Waals surface area contributed by atoms with E-state index in [1.807, 2.05) is 44.2 Å². The highest BCUT2D eigenvalue weighted by Crippen LogP contribution is 2.11. The standard InChI is InChI=1S/C20H24N2O3/c1-15(2)14-25-20(21-13-16-7-5-4-6-8-16)22-19(23)17-9-11-18(24-3)12-10-17/h4-12,15H,13-14H2,1-3H3,(H,21,22,23). The Labute approximate surface area is 148 Å². The van der Waals surface area contributed by atoms with E-state index in [2.05, 4.69) is 10.3 Å². The lowest BCUT2D eigenvalue weighted by Gasteiger charge is -2.13. The molecule has 0 fully saturated rings. The first-order valence-corrected chi connectivity index (χ1v) is 8.25. The topological polar surface area (TPSA) is 59.9 Å². The fourth-order valence-corrected chi connectivity index (χ4v) is 2.03. The Morgan fingerprint density at radius 3 is 2.36 bits per heavy atom. The van der Waals surface area contributed by atoms with Crippen molar-refractivity contribution in [3.05, 3.63) is 65.7 Å². The quantitative estimate of drug-likeness (QED) is 0.645. The largest absolute Gasteiger partial charge is 0.497 e. The number of nitrogens with zero attached hydrogens (tertiary/aromatic N) is 1. The maximum atomic E-state index is 12.4. The summed E-state index contributed by atoms with van der Waals surface area (Å²) in [6, 6.07) is 16.9. The number of amidine groups is 1. The second kappa shape index (κ2) is 9.47. The minimum absolute atomic E-state index is 0.235. The normalized spacial score (nSPS) is 11.3. The van der Waals surface area contributed by atoms with Crippen LogP contribution in [0, 0.1) is 5.92 Å². The molecule has 1 N–H and O–H groups in total. The molecule has 0 unspecified atom stereocenters. The summed E-state index contributed by atoms with van der Waals surface area (Å²) in [6.07, 6.45) is 0. The van der Waals surface area contributed by atoms with Crippen LogP contribution in [-0.4, -0.2) is 25.6 Å². The predicted molar refractivity (Wildman–Crippen MR) is 98.8 cm³/mol. The lowest BCUT2D eigenvalue weighted by atomic mass is 10.2. The molecule has 0 saturated heterocycles. The Bertz CT molecular complexity index is 695. The van der Waals surface area contributed by atoms with Gasteiger partial charge in [-0.15, -0.1) is 0 Å². The minimum atomic E-state index is -0.266. The Balaban J connectivity index is 2.06. The van der Waals surface area contributed by atoms with Gasteiger partial charge in [-0.25, -0.2) is 4.99 Å². The van der Waals surface area contributed by atoms with Crippen LogP contribution in [0.25, 0.3) is 0 Å². The third kappa shape index (κ3) is 6.30. The molecule has 0 aliphatic rings. The van der Waals surface area contributed by atoms with Crippen molar-refractivity contribution in [3.63, 3.8) is 0 Å². The van der Waals surface area contributed by atoms with E-state index in [1.54, 1.807) is 31.4 Å². The first-order valence-electron chi connectivity index (χ1n) is 8.25. The van der Waals surface area contributed by atoms with Crippen molar-refractivity contribution in [1.82, 2.24) is 5.32 Å². The second-order valence-electron chi connectivity index (χ2n) is 5.99. The zero-order chi connectivity index (χ0) is 18.1. The number of methoxy groups -OCH3 is 1. The number of aliphatic imine (C=N–C) groups is 1. The van der Waals surface area contributed by atoms with Crippen molar-refractivity contribution in [3.8, 4) is 5.75 Å². The van der Waals surface area contributed by atoms with Gasteiger partial charge in [0, 0.05) is 5.56 Å². The number of benzene rings is 2. The highest BCUT2D eigenvalue weighted by molar-refractivity contribution is 6.04. The van der Waals surface area contributed by atoms with Gasteiger partial charge < -0.3 is 9.47 Å². The van der Waals surface area contributed by atoms with Gasteiger partial charge in [0.2, 0.25) is 0 Å². The van der Waals surface area contributed by atoms with Crippen molar-refractivity contribution in [2.45, 2.75) is 20.4 Å². The molecule has 0 atom stereocenters. The van der Waals surface area contributed by atoms with E-state index in [4.69, 9.17) is 9.47 Å². The fourth-order valence-electron chi connectivity index (χ4n) is 2.03. The van der Waals surface area contributed by atoms with Gasteiger partial charge in [0.15, 0.2) is 0 Å². The molecular formula is C20H24N2O3. The van der Waals surface area contributed by atoms with Crippen molar-refractivity contribution in [1.29, 1.82) is 0 Å². The molecule has 1 amide bonds. The number of hydrogen-bond donors (Lipinski definition) is 1. The summed E-state index contributed by atoms with van der Waals surface area (Å²) in [5.74, 6) is 0.767. The second-order valence-corrected chi connectivity index (χ2v) is 5.99. The monoisotopic (exact) mass is 340 g/mol. The van der Waals surface area contributed by atoms with Crippen molar-refractivity contribution in [2.75, 3.05) is 13.7 Å². The van der Waals surface area contributed by atoms with E-state index in [-0.39, 0.29) is 11.9 Å². The molecule has 2 rings (SSSR count). The van der Waals surface area contributed by atoms with Gasteiger partial charge in [0.05, 0.1) is 20.3 Å². The van der Waals surface area contributed by atoms with Crippen LogP contribution in [0.2, 0.25) is 0 Å². The molecule has 5 nitrogen and oxygen atoms in total. The number of carbonyl (C=O) groups is 1. The van der Waals surface area contributed by atoms with Gasteiger partial charge in [0.1, 0.15) is 5.75 Å². The summed E-state index contributed by atoms with van der Waals surface area (Å²) >= 11 is 0. The van der Waals surface area contributed by atoms with E-state index < -0.39 is 0 Å². The molecule has 0 aliphatic heterocycles. The molecule has 2 aromatic carbocycles. The summed E-state index contributed by atoms with van der Waals surface area (Å²) in [7, 11) is 1.59. The van der Waals surface area contributed by atoms with E-state index in [9.17, 15) is 4.79 Å². The molecule has 0 bridgehead atoms. The molecule has 0 heterocycles. The molecule has 0 spiro atoms. The molecule has 2 aromatic rings. The first kappa shape index (κ1) is 18.5. The molecule has 5 heteroatoms. The third-order valence-corrected chi connectivity index (χ3v) is 3.37. The SMILES string of the molecule is COc1ccc(C(=O)NC(=NCc2ccccc2)OCC(C)C)cc1. The van der Waals surface area contributed by atoms with Crippen LogP contribution in [0.1, 0.15) is 29.8 Å². The number of nitrogens with one attached hydrogen (secondary N) is 1. The fraction of sp³-hybridized carbons (Fsp3) is 0.300. The van der Waals surface area contributed by atoms with Crippen LogP contribution in [0.3, 0.4) is 0 Å². The van der Waals surface area contributed by atoms with Gasteiger partial charge >= 0.3 is 0 Å². The molecule has 0 saturated carbocycles. The molecule has 0 aromatic heterocycles. The van der Waals surface area contributed by atoms with Crippen molar-refractivity contribution >= 4 is 11.9 Å². The number of rotatable bonds is 6. The van der Waals surface area contributed by atoms with E-state index in [0.29, 0.717) is 30.4 Å². The van der Waals surface area contributed by atoms with Crippen LogP contribution in [0.15, 0.2) is 59.6 Å². The number of hydrogen-bond acceptors (Lipinski definition) is 4. The van der Waals surface area contributed by atoms with Gasteiger partial charge in [-0.05, 0) is 35.7 Å². The smallest absolute Gasteiger partial charge is 0.292 e. The van der Waals surface area contributed by atoms with Gasteiger partial charge in [0.25, 0.3) is 11.9 Å². The maximum Gasteiger partial charge on any atom is 0.292 e. The molecule has 0 radical (unpaired) electrons. The maximum absolute atomic E-state index is 12.4. The lowest BCUT2D eigenvalue weighted by molar-refractivity contribution is 0.0963. The molecule has 25 heavy (non-hydrogen) atoms. The van der Waals surface area contributed by atoms with Crippen molar-refractivity contribution < 1.29 is 14.3 Å². The first-order chi connectivity index (χ1) is 12.1. The number of carbonyl (C=O) groups excluding carboxylic acids is 1. The summed E-state index contributed by atoms with van der Waals surface area (Å²) in [4.78, 5) is 16.8. The van der Waals surface area contributed by atoms with Crippen LogP contribution < -0.4 is 10.1 Å². The average Bonchev–Trinajstić information content (AvgIpc) is 2.64. The van der Waals surface area contributed by atoms with Crippen LogP contribution in [0.4, 0.5) is 0 Å². The van der Waals surface area contributed by atoms with E-state index in [0.717, 1.165) is 5.56 Å². The van der Waals surface area contributed by atoms with Gasteiger partial charge in [-0.2, -0.15) is 0 Å². The third-order valence-electron chi connectivity index (χ3n) is 3.37. The predicted octanol–water partition coefficient (Wildman–Crippen LogP) is 3.65. The van der Waals surface area contributed by atoms with Crippen LogP contribution in [0.5, 0.6) is 5.75 Å². The van der Waals surface area contributed by atoms with Crippen LogP contribution in [-0.2, 0) is 11.3 Å². The molecule has 132 valence electrons. The summed E-state index contributed by atoms with van der Waals surface area (Å²) < 4.78 is 10.8. The van der Waals surface area contributed by atoms with E-state index in [1.165, 1.54) is 0 Å². The lowest BCUT2D eigenvalue weighted by Crippen LogP contribution is -2.33. The van der Waals surface area contributed by atoms with Crippen molar-refractivity contribution in [2.24, 2.45) is 10.9 Å². The summed E-state index contributed by atoms with van der Waals surface area (Å²) in [5, 5.41) is 2.74. The average molecular weight is 340 g/mol. The Morgan fingerprint density at radius 2 is 1.76 bits per heavy atom. The molecule has 0 aliphatic carbocycles. The highest BCUT2D eigenvalue weighted by Gasteiger charge is 2.11. The summed E-state index contributed by atoms with van der Waals surface area (Å²) in [5.41, 5.74) is 1.56. The Hall–Kier alpha value is -2.82. The van der Waals surface area contributed by atoms with E-state index >= 15 is 0 Å².